The maximum absolute atomic E-state index is 14.0. The van der Waals surface area contributed by atoms with Gasteiger partial charge in [0.1, 0.15) is 17.2 Å². The third-order valence-corrected chi connectivity index (χ3v) is 6.45. The molecule has 0 aliphatic carbocycles. The van der Waals surface area contributed by atoms with Crippen LogP contribution in [-0.4, -0.2) is 41.9 Å². The Morgan fingerprint density at radius 3 is 2.51 bits per heavy atom. The monoisotopic (exact) mass is 486 g/mol. The molecule has 3 aromatic heterocycles. The van der Waals surface area contributed by atoms with Crippen LogP contribution < -0.4 is 0 Å². The zero-order valence-electron chi connectivity index (χ0n) is 19.5. The Morgan fingerprint density at radius 1 is 1.09 bits per heavy atom. The van der Waals surface area contributed by atoms with Crippen LogP contribution in [0.3, 0.4) is 0 Å². The van der Waals surface area contributed by atoms with Crippen molar-refractivity contribution in [3.05, 3.63) is 64.4 Å². The summed E-state index contributed by atoms with van der Waals surface area (Å²) in [6.07, 6.45) is -4.14. The fourth-order valence-electron chi connectivity index (χ4n) is 4.85. The Balaban J connectivity index is 1.54. The number of alkyl halides is 3. The number of hydrogen-bond donors (Lipinski definition) is 0. The van der Waals surface area contributed by atoms with Crippen LogP contribution in [0.25, 0.3) is 22.3 Å². The van der Waals surface area contributed by atoms with Gasteiger partial charge in [0.25, 0.3) is 5.91 Å². The Labute approximate surface area is 198 Å². The summed E-state index contributed by atoms with van der Waals surface area (Å²) in [4.78, 5) is 19.7. The van der Waals surface area contributed by atoms with Gasteiger partial charge in [-0.25, -0.2) is 4.39 Å². The molecule has 11 heteroatoms. The minimum atomic E-state index is -4.53. The number of benzene rings is 1. The SMILES string of the molecule is Cc1cc(C(=O)N2CCc3c(nn(C)c3-c3cc(C(F)(F)F)n(C)n3)C2C)c2cc(F)ccc2n1. The first-order valence-electron chi connectivity index (χ1n) is 11.0. The topological polar surface area (TPSA) is 68.8 Å². The maximum Gasteiger partial charge on any atom is 0.433 e. The molecule has 0 fully saturated rings. The molecule has 1 aliphatic heterocycles. The van der Waals surface area contributed by atoms with E-state index in [-0.39, 0.29) is 11.6 Å². The van der Waals surface area contributed by atoms with E-state index in [0.717, 1.165) is 16.3 Å². The molecule has 0 spiro atoms. The molecule has 4 aromatic rings. The lowest BCUT2D eigenvalue weighted by atomic mass is 9.96. The summed E-state index contributed by atoms with van der Waals surface area (Å²) in [5.41, 5.74) is 2.68. The molecule has 0 saturated carbocycles. The Hall–Kier alpha value is -3.76. The molecule has 0 saturated heterocycles. The lowest BCUT2D eigenvalue weighted by molar-refractivity contribution is -0.143. The van der Waals surface area contributed by atoms with Crippen LogP contribution in [0.5, 0.6) is 0 Å². The molecule has 1 atom stereocenters. The van der Waals surface area contributed by atoms with Gasteiger partial charge in [-0.05, 0) is 50.6 Å². The number of nitrogens with zero attached hydrogens (tertiary/aromatic N) is 6. The van der Waals surface area contributed by atoms with Crippen LogP contribution in [0, 0.1) is 12.7 Å². The van der Waals surface area contributed by atoms with Gasteiger partial charge >= 0.3 is 6.18 Å². The van der Waals surface area contributed by atoms with E-state index in [1.807, 2.05) is 6.92 Å². The van der Waals surface area contributed by atoms with E-state index in [0.29, 0.717) is 46.5 Å². The van der Waals surface area contributed by atoms with Gasteiger partial charge < -0.3 is 4.90 Å². The molecule has 182 valence electrons. The van der Waals surface area contributed by atoms with Crippen molar-refractivity contribution in [3.8, 4) is 11.4 Å². The number of halogens is 4. The zero-order chi connectivity index (χ0) is 25.2. The Kier molecular flexibility index (Phi) is 5.19. The number of carbonyl (C=O) groups excluding carboxylic acids is 1. The van der Waals surface area contributed by atoms with E-state index in [2.05, 4.69) is 15.2 Å². The second-order valence-electron chi connectivity index (χ2n) is 8.77. The van der Waals surface area contributed by atoms with E-state index in [9.17, 15) is 22.4 Å². The number of pyridine rings is 1. The van der Waals surface area contributed by atoms with Crippen molar-refractivity contribution < 1.29 is 22.4 Å². The molecule has 4 heterocycles. The molecule has 1 aromatic carbocycles. The molecule has 0 N–H and O–H groups in total. The Morgan fingerprint density at radius 2 is 1.83 bits per heavy atom. The average molecular weight is 486 g/mol. The van der Waals surface area contributed by atoms with Crippen molar-refractivity contribution in [2.45, 2.75) is 32.5 Å². The van der Waals surface area contributed by atoms with Gasteiger partial charge in [0, 0.05) is 37.3 Å². The third kappa shape index (κ3) is 3.75. The highest BCUT2D eigenvalue weighted by Gasteiger charge is 2.38. The summed E-state index contributed by atoms with van der Waals surface area (Å²) in [5.74, 6) is -0.747. The summed E-state index contributed by atoms with van der Waals surface area (Å²) >= 11 is 0. The summed E-state index contributed by atoms with van der Waals surface area (Å²) in [6, 6.07) is 6.35. The third-order valence-electron chi connectivity index (χ3n) is 6.45. The summed E-state index contributed by atoms with van der Waals surface area (Å²) in [6.45, 7) is 3.91. The minimum absolute atomic E-state index is 0.175. The predicted octanol–water partition coefficient (Wildman–Crippen LogP) is 4.59. The largest absolute Gasteiger partial charge is 0.433 e. The van der Waals surface area contributed by atoms with E-state index >= 15 is 0 Å². The van der Waals surface area contributed by atoms with Gasteiger partial charge in [0.15, 0.2) is 0 Å². The molecule has 7 nitrogen and oxygen atoms in total. The molecule has 1 aliphatic rings. The molecule has 1 amide bonds. The molecule has 35 heavy (non-hydrogen) atoms. The first-order chi connectivity index (χ1) is 16.5. The minimum Gasteiger partial charge on any atom is -0.330 e. The molecular formula is C24H22F4N6O. The van der Waals surface area contributed by atoms with Crippen molar-refractivity contribution in [2.24, 2.45) is 14.1 Å². The number of hydrogen-bond acceptors (Lipinski definition) is 4. The second kappa shape index (κ2) is 7.89. The van der Waals surface area contributed by atoms with E-state index < -0.39 is 23.7 Å². The van der Waals surface area contributed by atoms with Crippen LogP contribution in [0.1, 0.15) is 46.0 Å². The van der Waals surface area contributed by atoms with Crippen molar-refractivity contribution in [2.75, 3.05) is 6.54 Å². The molecular weight excluding hydrogens is 464 g/mol. The predicted molar refractivity (Wildman–Crippen MR) is 120 cm³/mol. The van der Waals surface area contributed by atoms with Gasteiger partial charge in [-0.3, -0.25) is 19.1 Å². The summed E-state index contributed by atoms with van der Waals surface area (Å²) in [7, 11) is 2.90. The number of aromatic nitrogens is 5. The van der Waals surface area contributed by atoms with Crippen molar-refractivity contribution in [1.82, 2.24) is 29.4 Å². The first kappa shape index (κ1) is 23.0. The van der Waals surface area contributed by atoms with Crippen LogP contribution in [-0.2, 0) is 26.7 Å². The van der Waals surface area contributed by atoms with E-state index in [1.165, 1.54) is 23.9 Å². The number of carbonyl (C=O) groups is 1. The smallest absolute Gasteiger partial charge is 0.330 e. The number of amides is 1. The van der Waals surface area contributed by atoms with Crippen LogP contribution >= 0.6 is 0 Å². The molecule has 5 rings (SSSR count). The second-order valence-corrected chi connectivity index (χ2v) is 8.77. The van der Waals surface area contributed by atoms with Gasteiger partial charge in [-0.1, -0.05) is 0 Å². The van der Waals surface area contributed by atoms with Gasteiger partial charge in [-0.15, -0.1) is 0 Å². The van der Waals surface area contributed by atoms with Crippen molar-refractivity contribution >= 4 is 16.8 Å². The summed E-state index contributed by atoms with van der Waals surface area (Å²) < 4.78 is 56.2. The Bertz CT molecular complexity index is 1490. The lowest BCUT2D eigenvalue weighted by Crippen LogP contribution is -2.39. The summed E-state index contributed by atoms with van der Waals surface area (Å²) in [5, 5.41) is 9.05. The van der Waals surface area contributed by atoms with Gasteiger partial charge in [0.2, 0.25) is 0 Å². The quantitative estimate of drug-likeness (QED) is 0.389. The zero-order valence-corrected chi connectivity index (χ0v) is 19.5. The van der Waals surface area contributed by atoms with E-state index in [1.54, 1.807) is 31.0 Å². The molecule has 1 unspecified atom stereocenters. The fourth-order valence-corrected chi connectivity index (χ4v) is 4.85. The fraction of sp³-hybridized carbons (Fsp3) is 0.333. The van der Waals surface area contributed by atoms with E-state index in [4.69, 9.17) is 0 Å². The van der Waals surface area contributed by atoms with Crippen molar-refractivity contribution in [3.63, 3.8) is 0 Å². The number of fused-ring (bicyclic) bond motifs is 2. The van der Waals surface area contributed by atoms with Gasteiger partial charge in [0.05, 0.1) is 28.5 Å². The highest BCUT2D eigenvalue weighted by Crippen LogP contribution is 2.38. The standard InChI is InChI=1S/C24H22F4N6O/c1-12-9-17(16-10-14(25)5-6-18(16)29-12)23(35)34-8-7-15-21(13(34)2)31-33(4)22(15)19-11-20(24(26,27)28)32(3)30-19/h5-6,9-11,13H,7-8H2,1-4H3. The maximum atomic E-state index is 14.0. The van der Waals surface area contributed by atoms with Crippen molar-refractivity contribution in [1.29, 1.82) is 0 Å². The average Bonchev–Trinajstić information content (AvgIpc) is 3.32. The first-order valence-corrected chi connectivity index (χ1v) is 11.0. The lowest BCUT2D eigenvalue weighted by Gasteiger charge is -2.33. The van der Waals surface area contributed by atoms with Crippen LogP contribution in [0.15, 0.2) is 30.3 Å². The van der Waals surface area contributed by atoms with Crippen LogP contribution in [0.2, 0.25) is 0 Å². The highest BCUT2D eigenvalue weighted by atomic mass is 19.4. The normalized spacial score (nSPS) is 16.1. The molecule has 0 bridgehead atoms. The van der Waals surface area contributed by atoms with Crippen LogP contribution in [0.4, 0.5) is 17.6 Å². The highest BCUT2D eigenvalue weighted by molar-refractivity contribution is 6.06. The molecule has 0 radical (unpaired) electrons. The number of aryl methyl sites for hydroxylation is 3. The van der Waals surface area contributed by atoms with Gasteiger partial charge in [-0.2, -0.15) is 23.4 Å². The number of rotatable bonds is 2.